The summed E-state index contributed by atoms with van der Waals surface area (Å²) in [6.45, 7) is 4.13. The first-order valence-corrected chi connectivity index (χ1v) is 11.0. The summed E-state index contributed by atoms with van der Waals surface area (Å²) in [6, 6.07) is 16.4. The molecule has 5 heteroatoms. The van der Waals surface area contributed by atoms with E-state index in [-0.39, 0.29) is 4.90 Å². The number of para-hydroxylation sites is 1. The molecule has 3 aromatic rings. The molecule has 0 saturated heterocycles. The van der Waals surface area contributed by atoms with Gasteiger partial charge >= 0.3 is 0 Å². The van der Waals surface area contributed by atoms with Crippen molar-refractivity contribution in [1.82, 2.24) is 4.98 Å². The zero-order valence-corrected chi connectivity index (χ0v) is 16.7. The molecule has 4 nitrogen and oxygen atoms in total. The third-order valence-electron chi connectivity index (χ3n) is 4.64. The van der Waals surface area contributed by atoms with Gasteiger partial charge in [-0.3, -0.25) is 9.71 Å². The predicted octanol–water partition coefficient (Wildman–Crippen LogP) is 5.47. The number of rotatable bonds is 8. The van der Waals surface area contributed by atoms with Gasteiger partial charge in [0.05, 0.1) is 16.1 Å². The highest BCUT2D eigenvalue weighted by atomic mass is 32.2. The molecule has 0 spiro atoms. The number of sulfonamides is 1. The smallest absolute Gasteiger partial charge is 0.261 e. The van der Waals surface area contributed by atoms with E-state index in [1.54, 1.807) is 30.3 Å². The van der Waals surface area contributed by atoms with Gasteiger partial charge in [0.25, 0.3) is 10.0 Å². The fourth-order valence-electron chi connectivity index (χ4n) is 3.06. The lowest BCUT2D eigenvalue weighted by Crippen LogP contribution is -2.13. The van der Waals surface area contributed by atoms with Crippen molar-refractivity contribution in [2.24, 2.45) is 0 Å². The highest BCUT2D eigenvalue weighted by Gasteiger charge is 2.16. The second-order valence-corrected chi connectivity index (χ2v) is 8.59. The Morgan fingerprint density at radius 1 is 0.926 bits per heavy atom. The summed E-state index contributed by atoms with van der Waals surface area (Å²) < 4.78 is 28.2. The zero-order chi connectivity index (χ0) is 19.3. The first-order chi connectivity index (χ1) is 13.0. The van der Waals surface area contributed by atoms with Gasteiger partial charge in [-0.2, -0.15) is 0 Å². The summed E-state index contributed by atoms with van der Waals surface area (Å²) in [4.78, 5) is 4.99. The largest absolute Gasteiger partial charge is 0.277 e. The molecule has 0 bridgehead atoms. The minimum Gasteiger partial charge on any atom is -0.277 e. The molecule has 0 aliphatic carbocycles. The van der Waals surface area contributed by atoms with Crippen molar-refractivity contribution in [2.75, 3.05) is 4.72 Å². The summed E-state index contributed by atoms with van der Waals surface area (Å²) in [7, 11) is -3.65. The fraction of sp³-hybridized carbons (Fsp3) is 0.318. The predicted molar refractivity (Wildman–Crippen MR) is 112 cm³/mol. The van der Waals surface area contributed by atoms with Gasteiger partial charge in [0.2, 0.25) is 0 Å². The van der Waals surface area contributed by atoms with Crippen molar-refractivity contribution in [3.63, 3.8) is 0 Å². The summed E-state index contributed by atoms with van der Waals surface area (Å²) in [6.07, 6.45) is 5.64. The van der Waals surface area contributed by atoms with E-state index in [0.717, 1.165) is 29.5 Å². The number of fused-ring (bicyclic) bond motifs is 1. The molecule has 27 heavy (non-hydrogen) atoms. The maximum Gasteiger partial charge on any atom is 0.261 e. The number of hydrogen-bond acceptors (Lipinski definition) is 3. The molecular formula is C22H26N2O2S. The van der Waals surface area contributed by atoms with Crippen LogP contribution < -0.4 is 4.72 Å². The van der Waals surface area contributed by atoms with Crippen molar-refractivity contribution >= 4 is 26.6 Å². The van der Waals surface area contributed by atoms with Crippen molar-refractivity contribution < 1.29 is 8.42 Å². The van der Waals surface area contributed by atoms with Crippen LogP contribution in [0.2, 0.25) is 0 Å². The average molecular weight is 383 g/mol. The van der Waals surface area contributed by atoms with Gasteiger partial charge in [0, 0.05) is 11.1 Å². The molecule has 0 unspecified atom stereocenters. The third kappa shape index (κ3) is 4.86. The molecule has 3 rings (SSSR count). The highest BCUT2D eigenvalue weighted by molar-refractivity contribution is 7.92. The number of aromatic nitrogens is 1. The van der Waals surface area contributed by atoms with Crippen molar-refractivity contribution in [1.29, 1.82) is 0 Å². The minimum atomic E-state index is -3.65. The number of nitrogens with one attached hydrogen (secondary N) is 1. The van der Waals surface area contributed by atoms with Crippen LogP contribution >= 0.6 is 0 Å². The fourth-order valence-corrected chi connectivity index (χ4v) is 4.13. The van der Waals surface area contributed by atoms with Crippen LogP contribution in [0, 0.1) is 6.92 Å². The first kappa shape index (κ1) is 19.4. The Morgan fingerprint density at radius 2 is 1.70 bits per heavy atom. The van der Waals surface area contributed by atoms with Gasteiger partial charge in [-0.25, -0.2) is 8.42 Å². The lowest BCUT2D eigenvalue weighted by Gasteiger charge is -2.11. The first-order valence-electron chi connectivity index (χ1n) is 9.48. The van der Waals surface area contributed by atoms with Crippen LogP contribution in [0.5, 0.6) is 0 Å². The van der Waals surface area contributed by atoms with Crippen molar-refractivity contribution in [3.05, 3.63) is 65.9 Å². The van der Waals surface area contributed by atoms with Gasteiger partial charge in [0.15, 0.2) is 0 Å². The lowest BCUT2D eigenvalue weighted by atomic mass is 10.1. The Bertz CT molecular complexity index is 1010. The normalized spacial score (nSPS) is 11.6. The van der Waals surface area contributed by atoms with Crippen LogP contribution in [0.1, 0.15) is 43.9 Å². The average Bonchev–Trinajstić information content (AvgIpc) is 2.66. The van der Waals surface area contributed by atoms with Crippen LogP contribution in [-0.2, 0) is 16.4 Å². The maximum atomic E-state index is 12.7. The van der Waals surface area contributed by atoms with E-state index in [1.165, 1.54) is 19.3 Å². The topological polar surface area (TPSA) is 59.1 Å². The van der Waals surface area contributed by atoms with E-state index in [2.05, 4.69) is 11.6 Å². The molecule has 2 aromatic carbocycles. The van der Waals surface area contributed by atoms with Crippen molar-refractivity contribution in [2.45, 2.75) is 50.8 Å². The highest BCUT2D eigenvalue weighted by Crippen LogP contribution is 2.25. The van der Waals surface area contributed by atoms with Gasteiger partial charge in [0.1, 0.15) is 0 Å². The standard InChI is InChI=1S/C22H26N2O2S/c1-3-4-5-6-9-19-14-13-18-8-7-10-21(22(18)23-19)24-27(25,26)20-15-11-17(2)12-16-20/h7-8,10-16,24H,3-6,9H2,1-2H3. The van der Waals surface area contributed by atoms with Gasteiger partial charge in [-0.1, -0.05) is 62.1 Å². The molecule has 0 radical (unpaired) electrons. The van der Waals surface area contributed by atoms with Crippen LogP contribution in [0.15, 0.2) is 59.5 Å². The Labute approximate surface area is 161 Å². The quantitative estimate of drug-likeness (QED) is 0.526. The molecule has 0 fully saturated rings. The molecule has 1 aromatic heterocycles. The molecule has 0 aliphatic heterocycles. The summed E-state index contributed by atoms with van der Waals surface area (Å²) in [5.41, 5.74) is 3.23. The molecule has 0 aliphatic rings. The molecule has 1 heterocycles. The van der Waals surface area contributed by atoms with E-state index < -0.39 is 10.0 Å². The van der Waals surface area contributed by atoms with Crippen LogP contribution in [0.3, 0.4) is 0 Å². The molecule has 0 amide bonds. The maximum absolute atomic E-state index is 12.7. The number of benzene rings is 2. The lowest BCUT2D eigenvalue weighted by molar-refractivity contribution is 0.601. The molecule has 1 N–H and O–H groups in total. The van der Waals surface area contributed by atoms with Crippen LogP contribution in [0.4, 0.5) is 5.69 Å². The Balaban J connectivity index is 1.88. The summed E-state index contributed by atoms with van der Waals surface area (Å²) in [5.74, 6) is 0. The van der Waals surface area contributed by atoms with Gasteiger partial charge < -0.3 is 0 Å². The van der Waals surface area contributed by atoms with Gasteiger partial charge in [-0.05, 0) is 44.0 Å². The van der Waals surface area contributed by atoms with Crippen molar-refractivity contribution in [3.8, 4) is 0 Å². The zero-order valence-electron chi connectivity index (χ0n) is 15.9. The van der Waals surface area contributed by atoms with E-state index in [9.17, 15) is 8.42 Å². The number of anilines is 1. The second kappa shape index (κ2) is 8.53. The molecule has 0 atom stereocenters. The van der Waals surface area contributed by atoms with E-state index in [0.29, 0.717) is 11.2 Å². The number of nitrogens with zero attached hydrogens (tertiary/aromatic N) is 1. The third-order valence-corrected chi connectivity index (χ3v) is 6.02. The number of aryl methyl sites for hydroxylation is 2. The van der Waals surface area contributed by atoms with Gasteiger partial charge in [-0.15, -0.1) is 0 Å². The number of unbranched alkanes of at least 4 members (excludes halogenated alkanes) is 3. The Hall–Kier alpha value is -2.40. The Kier molecular flexibility index (Phi) is 6.11. The van der Waals surface area contributed by atoms with E-state index in [1.807, 2.05) is 31.2 Å². The van der Waals surface area contributed by atoms with Crippen LogP contribution in [-0.4, -0.2) is 13.4 Å². The Morgan fingerprint density at radius 3 is 2.44 bits per heavy atom. The summed E-state index contributed by atoms with van der Waals surface area (Å²) in [5, 5.41) is 0.927. The monoisotopic (exact) mass is 382 g/mol. The summed E-state index contributed by atoms with van der Waals surface area (Å²) >= 11 is 0. The SMILES string of the molecule is CCCCCCc1ccc2cccc(NS(=O)(=O)c3ccc(C)cc3)c2n1. The molecule has 142 valence electrons. The molecular weight excluding hydrogens is 356 g/mol. The van der Waals surface area contributed by atoms with E-state index in [4.69, 9.17) is 4.98 Å². The van der Waals surface area contributed by atoms with Crippen LogP contribution in [0.25, 0.3) is 10.9 Å². The number of pyridine rings is 1. The minimum absolute atomic E-state index is 0.251. The second-order valence-electron chi connectivity index (χ2n) is 6.91. The van der Waals surface area contributed by atoms with E-state index >= 15 is 0 Å². The molecule has 0 saturated carbocycles. The number of hydrogen-bond donors (Lipinski definition) is 1.